The summed E-state index contributed by atoms with van der Waals surface area (Å²) < 4.78 is 28.7. The number of tetrazole rings is 1. The van der Waals surface area contributed by atoms with E-state index < -0.39 is 16.1 Å². The van der Waals surface area contributed by atoms with Crippen molar-refractivity contribution in [2.24, 2.45) is 0 Å². The third-order valence-electron chi connectivity index (χ3n) is 4.04. The number of nitrogens with one attached hydrogen (secondary N) is 1. The molecule has 2 heterocycles. The Bertz CT molecular complexity index is 821. The molecule has 9 nitrogen and oxygen atoms in total. The molecule has 1 atom stereocenters. The first kappa shape index (κ1) is 16.5. The van der Waals surface area contributed by atoms with E-state index in [2.05, 4.69) is 20.8 Å². The summed E-state index contributed by atoms with van der Waals surface area (Å²) in [6, 6.07) is 5.68. The van der Waals surface area contributed by atoms with Gasteiger partial charge in [0.2, 0.25) is 15.9 Å². The van der Waals surface area contributed by atoms with Gasteiger partial charge < -0.3 is 5.32 Å². The Kier molecular flexibility index (Phi) is 4.58. The second-order valence-corrected chi connectivity index (χ2v) is 7.38. The summed E-state index contributed by atoms with van der Waals surface area (Å²) in [7, 11) is -2.28. The summed E-state index contributed by atoms with van der Waals surface area (Å²) in [4.78, 5) is 12.2. The summed E-state index contributed by atoms with van der Waals surface area (Å²) in [6.45, 7) is 0.329. The standard InChI is InChI=1S/C14H18N6O3S/c1-15-14(21)13-7-2-3-8-20(13)24(22,23)12-6-4-5-11(9-12)19-10-16-17-18-19/h4-6,9-10,13H,2-3,7-8H2,1H3,(H,15,21). The van der Waals surface area contributed by atoms with Gasteiger partial charge in [-0.1, -0.05) is 12.5 Å². The van der Waals surface area contributed by atoms with Crippen LogP contribution in [-0.2, 0) is 14.8 Å². The van der Waals surface area contributed by atoms with Crippen molar-refractivity contribution in [1.29, 1.82) is 0 Å². The van der Waals surface area contributed by atoms with Crippen molar-refractivity contribution in [2.45, 2.75) is 30.2 Å². The Morgan fingerprint density at radius 3 is 2.88 bits per heavy atom. The molecule has 24 heavy (non-hydrogen) atoms. The lowest BCUT2D eigenvalue weighted by Gasteiger charge is -2.33. The fourth-order valence-corrected chi connectivity index (χ4v) is 4.52. The predicted octanol–water partition coefficient (Wildman–Crippen LogP) is -0.0485. The molecule has 0 spiro atoms. The minimum atomic E-state index is -3.79. The lowest BCUT2D eigenvalue weighted by atomic mass is 10.0. The van der Waals surface area contributed by atoms with Crippen LogP contribution in [0.2, 0.25) is 0 Å². The molecule has 1 aromatic heterocycles. The van der Waals surface area contributed by atoms with Crippen LogP contribution in [0.5, 0.6) is 0 Å². The molecule has 3 rings (SSSR count). The average Bonchev–Trinajstić information content (AvgIpc) is 3.16. The van der Waals surface area contributed by atoms with E-state index in [-0.39, 0.29) is 10.8 Å². The fraction of sp³-hybridized carbons (Fsp3) is 0.429. The van der Waals surface area contributed by atoms with Crippen LogP contribution in [-0.4, -0.2) is 58.5 Å². The second-order valence-electron chi connectivity index (χ2n) is 5.49. The zero-order valence-corrected chi connectivity index (χ0v) is 14.0. The zero-order valence-electron chi connectivity index (χ0n) is 13.2. The van der Waals surface area contributed by atoms with E-state index in [1.54, 1.807) is 12.1 Å². The van der Waals surface area contributed by atoms with Gasteiger partial charge in [0, 0.05) is 13.6 Å². The lowest BCUT2D eigenvalue weighted by Crippen LogP contribution is -2.51. The molecule has 128 valence electrons. The number of nitrogens with zero attached hydrogens (tertiary/aromatic N) is 5. The molecule has 1 aliphatic heterocycles. The molecule has 0 bridgehead atoms. The number of carbonyl (C=O) groups is 1. The first-order valence-corrected chi connectivity index (χ1v) is 9.05. The first-order chi connectivity index (χ1) is 11.5. The van der Waals surface area contributed by atoms with Crippen LogP contribution in [0.1, 0.15) is 19.3 Å². The Labute approximate surface area is 139 Å². The molecule has 0 radical (unpaired) electrons. The molecule has 1 saturated heterocycles. The van der Waals surface area contributed by atoms with Crippen molar-refractivity contribution < 1.29 is 13.2 Å². The van der Waals surface area contributed by atoms with Gasteiger partial charge in [0.25, 0.3) is 0 Å². The SMILES string of the molecule is CNC(=O)C1CCCCN1S(=O)(=O)c1cccc(-n2cnnn2)c1. The van der Waals surface area contributed by atoms with Gasteiger partial charge in [-0.15, -0.1) is 5.10 Å². The fourth-order valence-electron chi connectivity index (χ4n) is 2.82. The van der Waals surface area contributed by atoms with Crippen LogP contribution in [0.3, 0.4) is 0 Å². The van der Waals surface area contributed by atoms with E-state index >= 15 is 0 Å². The number of hydrogen-bond acceptors (Lipinski definition) is 6. The first-order valence-electron chi connectivity index (χ1n) is 7.61. The van der Waals surface area contributed by atoms with Gasteiger partial charge >= 0.3 is 0 Å². The normalized spacial score (nSPS) is 19.1. The summed E-state index contributed by atoms with van der Waals surface area (Å²) >= 11 is 0. The van der Waals surface area contributed by atoms with Gasteiger partial charge in [0.15, 0.2) is 0 Å². The monoisotopic (exact) mass is 350 g/mol. The van der Waals surface area contributed by atoms with Gasteiger partial charge in [0.05, 0.1) is 10.6 Å². The van der Waals surface area contributed by atoms with Crippen LogP contribution in [0, 0.1) is 0 Å². The topological polar surface area (TPSA) is 110 Å². The number of likely N-dealkylation sites (N-methyl/N-ethyl adjacent to an activating group) is 1. The van der Waals surface area contributed by atoms with Crippen LogP contribution in [0.4, 0.5) is 0 Å². The van der Waals surface area contributed by atoms with E-state index in [1.807, 2.05) is 0 Å². The van der Waals surface area contributed by atoms with Crippen molar-refractivity contribution in [1.82, 2.24) is 29.8 Å². The summed E-state index contributed by atoms with van der Waals surface area (Å²) in [5, 5.41) is 13.4. The molecule has 1 amide bonds. The molecular formula is C14H18N6O3S. The number of rotatable bonds is 4. The van der Waals surface area contributed by atoms with Gasteiger partial charge in [-0.05, 0) is 41.5 Å². The number of hydrogen-bond donors (Lipinski definition) is 1. The van der Waals surface area contributed by atoms with Crippen molar-refractivity contribution in [2.75, 3.05) is 13.6 Å². The molecule has 1 N–H and O–H groups in total. The zero-order chi connectivity index (χ0) is 17.2. The number of aromatic nitrogens is 4. The highest BCUT2D eigenvalue weighted by Gasteiger charge is 2.37. The van der Waals surface area contributed by atoms with E-state index in [1.165, 1.54) is 34.5 Å². The predicted molar refractivity (Wildman–Crippen MR) is 84.8 cm³/mol. The molecule has 1 unspecified atom stereocenters. The van der Waals surface area contributed by atoms with Crippen molar-refractivity contribution in [3.8, 4) is 5.69 Å². The molecular weight excluding hydrogens is 332 g/mol. The number of piperidine rings is 1. The highest BCUT2D eigenvalue weighted by Crippen LogP contribution is 2.26. The third kappa shape index (κ3) is 3.02. The van der Waals surface area contributed by atoms with Crippen LogP contribution < -0.4 is 5.32 Å². The van der Waals surface area contributed by atoms with Gasteiger partial charge in [-0.3, -0.25) is 4.79 Å². The van der Waals surface area contributed by atoms with Crippen molar-refractivity contribution >= 4 is 15.9 Å². The average molecular weight is 350 g/mol. The molecule has 0 saturated carbocycles. The Hall–Kier alpha value is -2.33. The second kappa shape index (κ2) is 6.65. The number of carbonyl (C=O) groups excluding carboxylic acids is 1. The van der Waals surface area contributed by atoms with E-state index in [4.69, 9.17) is 0 Å². The maximum Gasteiger partial charge on any atom is 0.243 e. The summed E-state index contributed by atoms with van der Waals surface area (Å²) in [5.74, 6) is -0.282. The maximum atomic E-state index is 13.0. The molecule has 1 aromatic carbocycles. The molecule has 0 aliphatic carbocycles. The Morgan fingerprint density at radius 1 is 1.33 bits per heavy atom. The highest BCUT2D eigenvalue weighted by molar-refractivity contribution is 7.89. The Balaban J connectivity index is 1.97. The molecule has 1 fully saturated rings. The number of amides is 1. The van der Waals surface area contributed by atoms with Gasteiger partial charge in [-0.2, -0.15) is 4.31 Å². The summed E-state index contributed by atoms with van der Waals surface area (Å²) in [5.41, 5.74) is 0.537. The van der Waals surface area contributed by atoms with Gasteiger partial charge in [-0.25, -0.2) is 13.1 Å². The Morgan fingerprint density at radius 2 is 2.17 bits per heavy atom. The van der Waals surface area contributed by atoms with E-state index in [0.717, 1.165) is 12.8 Å². The smallest absolute Gasteiger partial charge is 0.243 e. The van der Waals surface area contributed by atoms with Crippen molar-refractivity contribution in [3.05, 3.63) is 30.6 Å². The summed E-state index contributed by atoms with van der Waals surface area (Å²) in [6.07, 6.45) is 3.47. The van der Waals surface area contributed by atoms with Crippen LogP contribution in [0.25, 0.3) is 5.69 Å². The largest absolute Gasteiger partial charge is 0.358 e. The number of benzene rings is 1. The molecule has 10 heteroatoms. The van der Waals surface area contributed by atoms with E-state index in [9.17, 15) is 13.2 Å². The van der Waals surface area contributed by atoms with Crippen LogP contribution >= 0.6 is 0 Å². The maximum absolute atomic E-state index is 13.0. The van der Waals surface area contributed by atoms with Crippen LogP contribution in [0.15, 0.2) is 35.5 Å². The lowest BCUT2D eigenvalue weighted by molar-refractivity contribution is -0.125. The number of sulfonamides is 1. The highest BCUT2D eigenvalue weighted by atomic mass is 32.2. The quantitative estimate of drug-likeness (QED) is 0.828. The van der Waals surface area contributed by atoms with Gasteiger partial charge in [0.1, 0.15) is 12.4 Å². The minimum Gasteiger partial charge on any atom is -0.358 e. The van der Waals surface area contributed by atoms with E-state index in [0.29, 0.717) is 18.7 Å². The minimum absolute atomic E-state index is 0.117. The van der Waals surface area contributed by atoms with Crippen molar-refractivity contribution in [3.63, 3.8) is 0 Å². The third-order valence-corrected chi connectivity index (χ3v) is 5.94. The molecule has 1 aliphatic rings. The molecule has 2 aromatic rings.